The molecule has 9 nitrogen and oxygen atoms in total. The van der Waals surface area contributed by atoms with Crippen LogP contribution in [0.1, 0.15) is 26.5 Å². The first kappa shape index (κ1) is 25.1. The molecule has 0 saturated carbocycles. The molecule has 1 aliphatic rings. The lowest BCUT2D eigenvalue weighted by Crippen LogP contribution is -2.55. The van der Waals surface area contributed by atoms with E-state index in [2.05, 4.69) is 15.0 Å². The highest BCUT2D eigenvalue weighted by Crippen LogP contribution is 2.41. The van der Waals surface area contributed by atoms with E-state index in [1.165, 1.54) is 6.92 Å². The molecule has 1 saturated heterocycles. The Hall–Kier alpha value is -2.21. The molecule has 5 atom stereocenters. The van der Waals surface area contributed by atoms with Crippen molar-refractivity contribution < 1.29 is 37.0 Å². The second-order valence-electron chi connectivity index (χ2n) is 6.59. The summed E-state index contributed by atoms with van der Waals surface area (Å²) in [5.74, 6) is -1.80. The zero-order chi connectivity index (χ0) is 23.3. The van der Waals surface area contributed by atoms with Crippen LogP contribution in [0.4, 0.5) is 13.2 Å². The largest absolute Gasteiger partial charge is 0.463 e. The van der Waals surface area contributed by atoms with Crippen LogP contribution in [-0.2, 0) is 30.0 Å². The van der Waals surface area contributed by atoms with E-state index in [-0.39, 0.29) is 11.5 Å². The lowest BCUT2D eigenvalue weighted by Gasteiger charge is -2.43. The molecule has 2 unspecified atom stereocenters. The summed E-state index contributed by atoms with van der Waals surface area (Å²) in [6.07, 6.45) is -5.71. The summed E-state index contributed by atoms with van der Waals surface area (Å²) >= 11 is 6.72. The summed E-state index contributed by atoms with van der Waals surface area (Å²) in [6.45, 7) is 3.71. The lowest BCUT2D eigenvalue weighted by atomic mass is 9.91. The third-order valence-corrected chi connectivity index (χ3v) is 5.81. The number of nitrogens with zero attached hydrogens (tertiary/aromatic N) is 4. The molecule has 0 bridgehead atoms. The van der Waals surface area contributed by atoms with Gasteiger partial charge in [0.25, 0.3) is 0 Å². The molecule has 170 valence electrons. The highest BCUT2D eigenvalue weighted by molar-refractivity contribution is 7.99. The molecule has 1 fully saturated rings. The van der Waals surface area contributed by atoms with Crippen molar-refractivity contribution in [3.63, 3.8) is 0 Å². The SMILES string of the molecule is CC(=O)OCC1O[C@H](Sc2cnc(C(F)(F)F)c(Cl)c2)C(C)[C@@H](N=[N+]=[N-])[C@H]1OC(C)=O. The smallest absolute Gasteiger partial charge is 0.434 e. The molecule has 0 radical (unpaired) electrons. The number of pyridine rings is 1. The summed E-state index contributed by atoms with van der Waals surface area (Å²) in [5.41, 5.74) is 6.98. The number of aromatic nitrogens is 1. The van der Waals surface area contributed by atoms with Gasteiger partial charge in [-0.1, -0.05) is 35.4 Å². The molecule has 1 aromatic rings. The molecule has 2 rings (SSSR count). The number of ether oxygens (including phenoxy) is 3. The summed E-state index contributed by atoms with van der Waals surface area (Å²) in [4.78, 5) is 29.2. The predicted molar refractivity (Wildman–Crippen MR) is 103 cm³/mol. The Bertz CT molecular complexity index is 884. The van der Waals surface area contributed by atoms with E-state index in [1.54, 1.807) is 6.92 Å². The Morgan fingerprint density at radius 1 is 1.39 bits per heavy atom. The van der Waals surface area contributed by atoms with Gasteiger partial charge in [-0.2, -0.15) is 13.2 Å². The maximum atomic E-state index is 12.9. The number of hydrogen-bond donors (Lipinski definition) is 0. The van der Waals surface area contributed by atoms with Crippen molar-refractivity contribution in [1.29, 1.82) is 0 Å². The van der Waals surface area contributed by atoms with Gasteiger partial charge in [0, 0.05) is 35.8 Å². The van der Waals surface area contributed by atoms with Crippen LogP contribution in [-0.4, -0.2) is 47.2 Å². The van der Waals surface area contributed by atoms with Gasteiger partial charge >= 0.3 is 18.1 Å². The average Bonchev–Trinajstić information content (AvgIpc) is 2.64. The van der Waals surface area contributed by atoms with Crippen LogP contribution in [0.15, 0.2) is 22.3 Å². The highest BCUT2D eigenvalue weighted by atomic mass is 35.5. The minimum Gasteiger partial charge on any atom is -0.463 e. The average molecular weight is 483 g/mol. The van der Waals surface area contributed by atoms with Crippen molar-refractivity contribution in [2.75, 3.05) is 6.61 Å². The molecular formula is C17H18ClF3N4O5S. The number of carbonyl (C=O) groups excluding carboxylic acids is 2. The van der Waals surface area contributed by atoms with E-state index in [0.717, 1.165) is 30.9 Å². The molecule has 14 heteroatoms. The van der Waals surface area contributed by atoms with E-state index in [1.807, 2.05) is 0 Å². The van der Waals surface area contributed by atoms with Gasteiger partial charge in [-0.25, -0.2) is 4.98 Å². The topological polar surface area (TPSA) is 123 Å². The van der Waals surface area contributed by atoms with Crippen molar-refractivity contribution in [3.8, 4) is 0 Å². The maximum Gasteiger partial charge on any atom is 0.434 e. The van der Waals surface area contributed by atoms with Crippen LogP contribution in [0.2, 0.25) is 5.02 Å². The first-order valence-corrected chi connectivity index (χ1v) is 10.1. The molecule has 0 aliphatic carbocycles. The number of halogens is 4. The second kappa shape index (κ2) is 10.4. The molecule has 0 spiro atoms. The first-order valence-electron chi connectivity index (χ1n) is 8.83. The number of carbonyl (C=O) groups is 2. The molecule has 2 heterocycles. The minimum absolute atomic E-state index is 0.270. The van der Waals surface area contributed by atoms with Crippen molar-refractivity contribution in [1.82, 2.24) is 4.98 Å². The highest BCUT2D eigenvalue weighted by Gasteiger charge is 2.46. The van der Waals surface area contributed by atoms with Gasteiger partial charge in [-0.15, -0.1) is 0 Å². The Balaban J connectivity index is 2.32. The third-order valence-electron chi connectivity index (χ3n) is 4.25. The van der Waals surface area contributed by atoms with Gasteiger partial charge < -0.3 is 14.2 Å². The standard InChI is InChI=1S/C17H18ClF3N4O5S/c1-7-13(24-25-22)14(29-9(3)27)12(6-28-8(2)26)30-16(7)31-10-4-11(18)15(23-5-10)17(19,20)21/h4-5,7,12-14,16H,6H2,1-3H3/t7?,12?,13-,14+,16-/m1/s1. The Labute approximate surface area is 184 Å². The fourth-order valence-corrected chi connectivity index (χ4v) is 4.40. The van der Waals surface area contributed by atoms with Gasteiger partial charge in [-0.3, -0.25) is 9.59 Å². The monoisotopic (exact) mass is 482 g/mol. The van der Waals surface area contributed by atoms with Crippen molar-refractivity contribution >= 4 is 35.3 Å². The van der Waals surface area contributed by atoms with E-state index >= 15 is 0 Å². The molecular weight excluding hydrogens is 465 g/mol. The van der Waals surface area contributed by atoms with Crippen LogP contribution in [0.5, 0.6) is 0 Å². The molecule has 1 aromatic heterocycles. The normalized spacial score (nSPS) is 26.0. The lowest BCUT2D eigenvalue weighted by molar-refractivity contribution is -0.182. The summed E-state index contributed by atoms with van der Waals surface area (Å²) < 4.78 is 54.8. The molecule has 0 N–H and O–H groups in total. The molecule has 31 heavy (non-hydrogen) atoms. The summed E-state index contributed by atoms with van der Waals surface area (Å²) in [7, 11) is 0. The number of esters is 2. The van der Waals surface area contributed by atoms with Gasteiger partial charge in [0.05, 0.1) is 11.1 Å². The van der Waals surface area contributed by atoms with Crippen LogP contribution in [0.25, 0.3) is 10.4 Å². The van der Waals surface area contributed by atoms with E-state index < -0.39 is 58.4 Å². The van der Waals surface area contributed by atoms with Crippen molar-refractivity contribution in [3.05, 3.63) is 33.4 Å². The number of alkyl halides is 3. The van der Waals surface area contributed by atoms with Gasteiger partial charge in [0.1, 0.15) is 24.3 Å². The fraction of sp³-hybridized carbons (Fsp3) is 0.588. The summed E-state index contributed by atoms with van der Waals surface area (Å²) in [5, 5.41) is 3.13. The fourth-order valence-electron chi connectivity index (χ4n) is 2.92. The van der Waals surface area contributed by atoms with Gasteiger partial charge in [0.2, 0.25) is 0 Å². The Morgan fingerprint density at radius 3 is 2.58 bits per heavy atom. The van der Waals surface area contributed by atoms with Crippen LogP contribution < -0.4 is 0 Å². The third kappa shape index (κ3) is 6.63. The molecule has 1 aliphatic heterocycles. The van der Waals surface area contributed by atoms with Crippen molar-refractivity contribution in [2.24, 2.45) is 11.0 Å². The van der Waals surface area contributed by atoms with Gasteiger partial charge in [0.15, 0.2) is 5.69 Å². The van der Waals surface area contributed by atoms with E-state index in [0.29, 0.717) is 0 Å². The Morgan fingerprint density at radius 2 is 2.06 bits per heavy atom. The van der Waals surface area contributed by atoms with Crippen LogP contribution in [0.3, 0.4) is 0 Å². The first-order chi connectivity index (χ1) is 14.4. The van der Waals surface area contributed by atoms with E-state index in [4.69, 9.17) is 31.3 Å². The Kier molecular flexibility index (Phi) is 8.41. The number of rotatable bonds is 6. The zero-order valence-electron chi connectivity index (χ0n) is 16.5. The maximum absolute atomic E-state index is 12.9. The zero-order valence-corrected chi connectivity index (χ0v) is 18.1. The molecule has 0 amide bonds. The van der Waals surface area contributed by atoms with Crippen molar-refractivity contribution in [2.45, 2.75) is 55.5 Å². The minimum atomic E-state index is -4.70. The molecule has 0 aromatic carbocycles. The second-order valence-corrected chi connectivity index (χ2v) is 8.17. The van der Waals surface area contributed by atoms with Gasteiger partial charge in [-0.05, 0) is 11.6 Å². The number of thioether (sulfide) groups is 1. The number of azide groups is 1. The predicted octanol–water partition coefficient (Wildman–Crippen LogP) is 4.38. The van der Waals surface area contributed by atoms with Crippen LogP contribution >= 0.6 is 23.4 Å². The quantitative estimate of drug-likeness (QED) is 0.255. The summed E-state index contributed by atoms with van der Waals surface area (Å²) in [6, 6.07) is 0.207. The van der Waals surface area contributed by atoms with E-state index in [9.17, 15) is 22.8 Å². The van der Waals surface area contributed by atoms with Crippen LogP contribution in [0, 0.1) is 5.92 Å². The number of hydrogen-bond acceptors (Lipinski definition) is 8.